The lowest BCUT2D eigenvalue weighted by Gasteiger charge is -2.37. The van der Waals surface area contributed by atoms with Crippen molar-refractivity contribution in [3.8, 4) is 11.5 Å². The maximum atomic E-state index is 13.8. The molecule has 1 N–H and O–H groups in total. The van der Waals surface area contributed by atoms with E-state index in [-0.39, 0.29) is 23.8 Å². The lowest BCUT2D eigenvalue weighted by molar-refractivity contribution is -0.144. The van der Waals surface area contributed by atoms with Crippen molar-refractivity contribution in [1.29, 1.82) is 0 Å². The predicted octanol–water partition coefficient (Wildman–Crippen LogP) is 5.61. The maximum Gasteiger partial charge on any atom is 0.337 e. The quantitative estimate of drug-likeness (QED) is 0.527. The summed E-state index contributed by atoms with van der Waals surface area (Å²) in [6.07, 6.45) is 4.96. The molecule has 2 unspecified atom stereocenters. The number of ether oxygens (including phenoxy) is 3. The van der Waals surface area contributed by atoms with Gasteiger partial charge in [0.15, 0.2) is 5.78 Å². The van der Waals surface area contributed by atoms with Crippen LogP contribution in [0.5, 0.6) is 11.5 Å². The molecule has 0 amide bonds. The lowest BCUT2D eigenvalue weighted by atomic mass is 9.72. The summed E-state index contributed by atoms with van der Waals surface area (Å²) >= 11 is 1.68. The smallest absolute Gasteiger partial charge is 0.337 e. The Hall–Kier alpha value is -3.06. The highest BCUT2D eigenvalue weighted by atomic mass is 32.1. The zero-order chi connectivity index (χ0) is 24.5. The number of hydrogen-bond acceptors (Lipinski definition) is 7. The number of ketones is 1. The molecule has 6 nitrogen and oxygen atoms in total. The Labute approximate surface area is 210 Å². The van der Waals surface area contributed by atoms with E-state index in [2.05, 4.69) is 11.4 Å². The Bertz CT molecular complexity index is 1190. The van der Waals surface area contributed by atoms with Crippen LogP contribution in [0.1, 0.15) is 67.7 Å². The molecule has 2 atom stereocenters. The van der Waals surface area contributed by atoms with E-state index in [4.69, 9.17) is 14.2 Å². The average Bonchev–Trinajstić information content (AvgIpc) is 3.57. The molecule has 1 saturated carbocycles. The molecule has 1 aliphatic heterocycles. The number of allylic oxidation sites excluding steroid dienone is 3. The van der Waals surface area contributed by atoms with E-state index in [0.717, 1.165) is 42.6 Å². The largest absolute Gasteiger partial charge is 0.497 e. The van der Waals surface area contributed by atoms with E-state index in [1.165, 1.54) is 4.88 Å². The fourth-order valence-corrected chi connectivity index (χ4v) is 6.46. The first-order valence-electron chi connectivity index (χ1n) is 12.2. The van der Waals surface area contributed by atoms with E-state index in [1.807, 2.05) is 36.6 Å². The third kappa shape index (κ3) is 4.49. The first-order chi connectivity index (χ1) is 17.0. The summed E-state index contributed by atoms with van der Waals surface area (Å²) in [7, 11) is 3.21. The van der Waals surface area contributed by atoms with Gasteiger partial charge < -0.3 is 19.5 Å². The number of dihydropyridines is 1. The Balaban J connectivity index is 1.61. The summed E-state index contributed by atoms with van der Waals surface area (Å²) in [5, 5.41) is 5.48. The maximum absolute atomic E-state index is 13.8. The lowest BCUT2D eigenvalue weighted by Crippen LogP contribution is -2.36. The number of rotatable bonds is 6. The number of benzene rings is 1. The van der Waals surface area contributed by atoms with Crippen LogP contribution in [-0.4, -0.2) is 32.1 Å². The van der Waals surface area contributed by atoms with Crippen molar-refractivity contribution < 1.29 is 23.8 Å². The van der Waals surface area contributed by atoms with Crippen LogP contribution in [0, 0.1) is 0 Å². The summed E-state index contributed by atoms with van der Waals surface area (Å²) in [5.74, 6) is 0.477. The minimum absolute atomic E-state index is 0.0469. The average molecular weight is 494 g/mol. The molecule has 184 valence electrons. The van der Waals surface area contributed by atoms with Crippen LogP contribution < -0.4 is 14.8 Å². The van der Waals surface area contributed by atoms with Gasteiger partial charge in [-0.05, 0) is 68.7 Å². The summed E-state index contributed by atoms with van der Waals surface area (Å²) in [6.45, 7) is 1.90. The predicted molar refractivity (Wildman–Crippen MR) is 135 cm³/mol. The van der Waals surface area contributed by atoms with Crippen LogP contribution in [0.15, 0.2) is 58.3 Å². The van der Waals surface area contributed by atoms with Crippen LogP contribution in [0.3, 0.4) is 0 Å². The van der Waals surface area contributed by atoms with Gasteiger partial charge in [-0.15, -0.1) is 11.3 Å². The van der Waals surface area contributed by atoms with Gasteiger partial charge in [0, 0.05) is 39.7 Å². The van der Waals surface area contributed by atoms with E-state index >= 15 is 0 Å². The number of thiophene rings is 1. The monoisotopic (exact) mass is 493 g/mol. The topological polar surface area (TPSA) is 73.9 Å². The van der Waals surface area contributed by atoms with Gasteiger partial charge in [-0.25, -0.2) is 4.79 Å². The molecular formula is C28H31NO5S. The summed E-state index contributed by atoms with van der Waals surface area (Å²) in [6, 6.07) is 9.63. The Morgan fingerprint density at radius 3 is 2.57 bits per heavy atom. The molecule has 1 fully saturated rings. The Kier molecular flexibility index (Phi) is 6.69. The molecule has 7 heteroatoms. The van der Waals surface area contributed by atoms with Crippen molar-refractivity contribution in [2.24, 2.45) is 0 Å². The Morgan fingerprint density at radius 2 is 1.89 bits per heavy atom. The molecule has 3 aliphatic rings. The first kappa shape index (κ1) is 23.7. The molecule has 0 bridgehead atoms. The van der Waals surface area contributed by atoms with E-state index in [1.54, 1.807) is 25.6 Å². The number of esters is 1. The van der Waals surface area contributed by atoms with Gasteiger partial charge in [-0.3, -0.25) is 4.79 Å². The fourth-order valence-electron chi connectivity index (χ4n) is 5.63. The molecule has 5 rings (SSSR count). The van der Waals surface area contributed by atoms with Gasteiger partial charge >= 0.3 is 5.97 Å². The number of hydrogen-bond donors (Lipinski definition) is 1. The van der Waals surface area contributed by atoms with E-state index in [0.29, 0.717) is 35.5 Å². The molecule has 1 aromatic heterocycles. The van der Waals surface area contributed by atoms with Gasteiger partial charge in [0.1, 0.15) is 17.6 Å². The van der Waals surface area contributed by atoms with Crippen molar-refractivity contribution in [2.75, 3.05) is 14.2 Å². The summed E-state index contributed by atoms with van der Waals surface area (Å²) < 4.78 is 17.2. The third-order valence-electron chi connectivity index (χ3n) is 7.32. The molecule has 1 aromatic carbocycles. The molecule has 2 aliphatic carbocycles. The van der Waals surface area contributed by atoms with Gasteiger partial charge in [-0.2, -0.15) is 0 Å². The van der Waals surface area contributed by atoms with Crippen LogP contribution in [0.4, 0.5) is 0 Å². The number of carbonyl (C=O) groups is 2. The van der Waals surface area contributed by atoms with Crippen LogP contribution in [0.2, 0.25) is 0 Å². The first-order valence-corrected chi connectivity index (χ1v) is 13.1. The summed E-state index contributed by atoms with van der Waals surface area (Å²) in [4.78, 5) is 28.6. The van der Waals surface area contributed by atoms with Crippen molar-refractivity contribution >= 4 is 23.1 Å². The number of carbonyl (C=O) groups excluding carboxylic acids is 2. The van der Waals surface area contributed by atoms with E-state index < -0.39 is 5.92 Å². The second-order valence-corrected chi connectivity index (χ2v) is 10.4. The highest BCUT2D eigenvalue weighted by Gasteiger charge is 2.43. The second kappa shape index (κ2) is 9.90. The van der Waals surface area contributed by atoms with Gasteiger partial charge in [0.2, 0.25) is 0 Å². The van der Waals surface area contributed by atoms with Crippen molar-refractivity contribution in [1.82, 2.24) is 5.32 Å². The molecule has 2 heterocycles. The number of Topliss-reactive ketones (excluding diaryl/α,β-unsaturated/α-hetero) is 1. The van der Waals surface area contributed by atoms with Crippen molar-refractivity contribution in [2.45, 2.75) is 63.4 Å². The fraction of sp³-hybridized carbons (Fsp3) is 0.429. The molecule has 35 heavy (non-hydrogen) atoms. The highest BCUT2D eigenvalue weighted by Crippen LogP contribution is 2.49. The van der Waals surface area contributed by atoms with Crippen molar-refractivity contribution in [3.05, 3.63) is 68.7 Å². The molecule has 0 radical (unpaired) electrons. The second-order valence-electron chi connectivity index (χ2n) is 9.45. The third-order valence-corrected chi connectivity index (χ3v) is 8.35. The van der Waals surface area contributed by atoms with Gasteiger partial charge in [-0.1, -0.05) is 6.07 Å². The Morgan fingerprint density at radius 1 is 1.09 bits per heavy atom. The SMILES string of the molecule is COc1ccc(OC)c(C2C(C(=O)OC3CCCC3)=C(C)NC3=C2C(=O)CC(c2cccs2)C3)c1. The van der Waals surface area contributed by atoms with E-state index in [9.17, 15) is 9.59 Å². The standard InChI is InChI=1S/C28H31NO5S/c1-16-25(28(31)34-18-7-4-5-8-18)26(20-15-19(32-2)10-11-23(20)33-3)27-21(29-16)13-17(14-22(27)30)24-9-6-12-35-24/h6,9-12,15,17-18,26,29H,4-5,7-8,13-14H2,1-3H3. The molecule has 0 saturated heterocycles. The van der Waals surface area contributed by atoms with Crippen LogP contribution in [0.25, 0.3) is 0 Å². The zero-order valence-corrected chi connectivity index (χ0v) is 21.2. The molecule has 0 spiro atoms. The molecule has 2 aromatic rings. The van der Waals surface area contributed by atoms with Crippen LogP contribution in [-0.2, 0) is 14.3 Å². The highest BCUT2D eigenvalue weighted by molar-refractivity contribution is 7.10. The number of methoxy groups -OCH3 is 2. The number of nitrogens with one attached hydrogen (secondary N) is 1. The van der Waals surface area contributed by atoms with Crippen LogP contribution >= 0.6 is 11.3 Å². The molecular weight excluding hydrogens is 462 g/mol. The van der Waals surface area contributed by atoms with Crippen molar-refractivity contribution in [3.63, 3.8) is 0 Å². The minimum Gasteiger partial charge on any atom is -0.497 e. The van der Waals surface area contributed by atoms with Gasteiger partial charge in [0.05, 0.1) is 25.7 Å². The normalized spacial score (nSPS) is 22.7. The summed E-state index contributed by atoms with van der Waals surface area (Å²) in [5.41, 5.74) is 3.45. The van der Waals surface area contributed by atoms with Gasteiger partial charge in [0.25, 0.3) is 0 Å². The zero-order valence-electron chi connectivity index (χ0n) is 20.4. The minimum atomic E-state index is -0.581.